The van der Waals surface area contributed by atoms with Gasteiger partial charge in [0.05, 0.1) is 12.5 Å². The van der Waals surface area contributed by atoms with Crippen LogP contribution < -0.4 is 0 Å². The van der Waals surface area contributed by atoms with Crippen LogP contribution in [0.5, 0.6) is 0 Å². The number of benzene rings is 1. The number of pyridine rings is 1. The zero-order valence-electron chi connectivity index (χ0n) is 11.0. The van der Waals surface area contributed by atoms with Crippen LogP contribution in [-0.2, 0) is 12.8 Å². The summed E-state index contributed by atoms with van der Waals surface area (Å²) in [5, 5.41) is 22.6. The lowest BCUT2D eigenvalue weighted by atomic mass is 10.0. The van der Waals surface area contributed by atoms with E-state index in [4.69, 9.17) is 5.26 Å². The van der Waals surface area contributed by atoms with Crippen molar-refractivity contribution < 1.29 is 0 Å². The fourth-order valence-electron chi connectivity index (χ4n) is 2.93. The minimum Gasteiger partial charge on any atom is -0.219 e. The molecule has 21 heavy (non-hydrogen) atoms. The predicted octanol–water partition coefficient (Wildman–Crippen LogP) is 2.24. The van der Waals surface area contributed by atoms with Gasteiger partial charge in [0, 0.05) is 18.2 Å². The van der Waals surface area contributed by atoms with E-state index in [9.17, 15) is 5.26 Å². The molecule has 0 bridgehead atoms. The molecule has 0 spiro atoms. The highest BCUT2D eigenvalue weighted by molar-refractivity contribution is 5.85. The molecule has 3 aromatic rings. The Morgan fingerprint density at radius 2 is 2.05 bits per heavy atom. The number of hydrogen-bond donors (Lipinski definition) is 0. The summed E-state index contributed by atoms with van der Waals surface area (Å²) in [5.41, 5.74) is 5.41. The Morgan fingerprint density at radius 1 is 1.19 bits per heavy atom. The molecule has 0 aliphatic heterocycles. The smallest absolute Gasteiger partial charge is 0.174 e. The van der Waals surface area contributed by atoms with E-state index in [1.807, 2.05) is 30.5 Å². The summed E-state index contributed by atoms with van der Waals surface area (Å²) in [6.45, 7) is 0. The SMILES string of the molecule is N#CCc1nc2c(C#N)c3c(cn2n1)Cc1ccccc1-3. The molecule has 5 nitrogen and oxygen atoms in total. The molecule has 0 amide bonds. The molecule has 0 atom stereocenters. The molecule has 1 aromatic carbocycles. The van der Waals surface area contributed by atoms with Gasteiger partial charge in [-0.05, 0) is 16.7 Å². The van der Waals surface area contributed by atoms with Crippen LogP contribution in [0.15, 0.2) is 30.5 Å². The van der Waals surface area contributed by atoms with E-state index in [0.717, 1.165) is 23.1 Å². The molecule has 0 unspecified atom stereocenters. The quantitative estimate of drug-likeness (QED) is 0.532. The van der Waals surface area contributed by atoms with Crippen LogP contribution in [0.25, 0.3) is 16.8 Å². The number of fused-ring (bicyclic) bond motifs is 4. The van der Waals surface area contributed by atoms with Gasteiger partial charge in [-0.15, -0.1) is 0 Å². The average Bonchev–Trinajstić information content (AvgIpc) is 3.05. The molecule has 0 fully saturated rings. The van der Waals surface area contributed by atoms with Crippen molar-refractivity contribution in [2.45, 2.75) is 12.8 Å². The van der Waals surface area contributed by atoms with E-state index < -0.39 is 0 Å². The minimum atomic E-state index is 0.147. The molecule has 5 heteroatoms. The fourth-order valence-corrected chi connectivity index (χ4v) is 2.93. The van der Waals surface area contributed by atoms with Gasteiger partial charge >= 0.3 is 0 Å². The highest BCUT2D eigenvalue weighted by atomic mass is 15.3. The molecule has 0 radical (unpaired) electrons. The first-order valence-electron chi connectivity index (χ1n) is 6.58. The molecule has 0 saturated carbocycles. The third-order valence-corrected chi connectivity index (χ3v) is 3.76. The summed E-state index contributed by atoms with van der Waals surface area (Å²) in [6.07, 6.45) is 2.86. The molecule has 0 saturated heterocycles. The van der Waals surface area contributed by atoms with E-state index in [2.05, 4.69) is 22.2 Å². The maximum atomic E-state index is 9.57. The second-order valence-electron chi connectivity index (χ2n) is 4.98. The van der Waals surface area contributed by atoms with Crippen molar-refractivity contribution in [3.8, 4) is 23.3 Å². The highest BCUT2D eigenvalue weighted by Crippen LogP contribution is 2.39. The first-order chi connectivity index (χ1) is 10.3. The third kappa shape index (κ3) is 1.55. The second-order valence-corrected chi connectivity index (χ2v) is 4.98. The number of aromatic nitrogens is 3. The Kier molecular flexibility index (Phi) is 2.30. The second kappa shape index (κ2) is 4.16. The largest absolute Gasteiger partial charge is 0.219 e. The summed E-state index contributed by atoms with van der Waals surface area (Å²) in [7, 11) is 0. The van der Waals surface area contributed by atoms with Crippen molar-refractivity contribution >= 4 is 5.65 Å². The Hall–Kier alpha value is -3.18. The lowest BCUT2D eigenvalue weighted by molar-refractivity contribution is 0.902. The van der Waals surface area contributed by atoms with E-state index >= 15 is 0 Å². The molecular formula is C16H9N5. The van der Waals surface area contributed by atoms with Gasteiger partial charge in [-0.1, -0.05) is 24.3 Å². The van der Waals surface area contributed by atoms with Gasteiger partial charge in [0.15, 0.2) is 11.5 Å². The van der Waals surface area contributed by atoms with Crippen LogP contribution in [-0.4, -0.2) is 14.6 Å². The van der Waals surface area contributed by atoms with Crippen LogP contribution in [0, 0.1) is 22.7 Å². The van der Waals surface area contributed by atoms with Crippen molar-refractivity contribution in [3.05, 3.63) is 53.0 Å². The lowest BCUT2D eigenvalue weighted by Gasteiger charge is -2.04. The van der Waals surface area contributed by atoms with E-state index in [-0.39, 0.29) is 6.42 Å². The molecule has 98 valence electrons. The summed E-state index contributed by atoms with van der Waals surface area (Å²) in [4.78, 5) is 4.33. The Labute approximate surface area is 120 Å². The number of nitrogens with zero attached hydrogens (tertiary/aromatic N) is 5. The minimum absolute atomic E-state index is 0.147. The normalized spacial score (nSPS) is 11.7. The zero-order chi connectivity index (χ0) is 14.4. The maximum absolute atomic E-state index is 9.57. The lowest BCUT2D eigenvalue weighted by Crippen LogP contribution is -1.96. The van der Waals surface area contributed by atoms with Crippen molar-refractivity contribution in [1.82, 2.24) is 14.6 Å². The van der Waals surface area contributed by atoms with Gasteiger partial charge in [-0.2, -0.15) is 15.6 Å². The standard InChI is InChI=1S/C16H9N5/c17-6-5-14-19-16-13(8-18)15-11(9-21(16)20-14)7-10-3-1-2-4-12(10)15/h1-4,9H,5,7H2. The Balaban J connectivity index is 2.06. The van der Waals surface area contributed by atoms with Crippen LogP contribution in [0.3, 0.4) is 0 Å². The van der Waals surface area contributed by atoms with Crippen molar-refractivity contribution in [2.24, 2.45) is 0 Å². The molecule has 1 aliphatic rings. The highest BCUT2D eigenvalue weighted by Gasteiger charge is 2.25. The molecule has 0 N–H and O–H groups in total. The first kappa shape index (κ1) is 11.6. The van der Waals surface area contributed by atoms with Gasteiger partial charge in [-0.25, -0.2) is 9.50 Å². The molecular weight excluding hydrogens is 262 g/mol. The van der Waals surface area contributed by atoms with E-state index in [0.29, 0.717) is 17.0 Å². The van der Waals surface area contributed by atoms with Gasteiger partial charge in [-0.3, -0.25) is 0 Å². The Bertz CT molecular complexity index is 969. The van der Waals surface area contributed by atoms with Crippen LogP contribution in [0.4, 0.5) is 0 Å². The summed E-state index contributed by atoms with van der Waals surface area (Å²) >= 11 is 0. The van der Waals surface area contributed by atoms with Crippen molar-refractivity contribution in [1.29, 1.82) is 10.5 Å². The molecule has 2 aromatic heterocycles. The summed E-state index contributed by atoms with van der Waals surface area (Å²) in [6, 6.07) is 12.4. The topological polar surface area (TPSA) is 77.8 Å². The summed E-state index contributed by atoms with van der Waals surface area (Å²) < 4.78 is 1.62. The number of rotatable bonds is 1. The van der Waals surface area contributed by atoms with Crippen molar-refractivity contribution in [2.75, 3.05) is 0 Å². The molecule has 4 rings (SSSR count). The van der Waals surface area contributed by atoms with Crippen LogP contribution in [0.2, 0.25) is 0 Å². The summed E-state index contributed by atoms with van der Waals surface area (Å²) in [5.74, 6) is 0.450. The van der Waals surface area contributed by atoms with Crippen LogP contribution in [0.1, 0.15) is 22.5 Å². The first-order valence-corrected chi connectivity index (χ1v) is 6.58. The molecule has 2 heterocycles. The Morgan fingerprint density at radius 3 is 2.86 bits per heavy atom. The predicted molar refractivity (Wildman–Crippen MR) is 75.3 cm³/mol. The monoisotopic (exact) mass is 271 g/mol. The number of nitriles is 2. The maximum Gasteiger partial charge on any atom is 0.174 e. The van der Waals surface area contributed by atoms with Gasteiger partial charge < -0.3 is 0 Å². The van der Waals surface area contributed by atoms with Gasteiger partial charge in [0.1, 0.15) is 11.6 Å². The van der Waals surface area contributed by atoms with E-state index in [1.54, 1.807) is 4.52 Å². The zero-order valence-corrected chi connectivity index (χ0v) is 11.0. The van der Waals surface area contributed by atoms with Crippen molar-refractivity contribution in [3.63, 3.8) is 0 Å². The van der Waals surface area contributed by atoms with Crippen LogP contribution >= 0.6 is 0 Å². The van der Waals surface area contributed by atoms with Gasteiger partial charge in [0.25, 0.3) is 0 Å². The fraction of sp³-hybridized carbons (Fsp3) is 0.125. The number of hydrogen-bond acceptors (Lipinski definition) is 4. The average molecular weight is 271 g/mol. The molecule has 1 aliphatic carbocycles. The van der Waals surface area contributed by atoms with E-state index in [1.165, 1.54) is 5.56 Å². The third-order valence-electron chi connectivity index (χ3n) is 3.76. The van der Waals surface area contributed by atoms with Gasteiger partial charge in [0.2, 0.25) is 0 Å².